The molecule has 4 heteroatoms. The van der Waals surface area contributed by atoms with Gasteiger partial charge >= 0.3 is 0 Å². The third-order valence-electron chi connectivity index (χ3n) is 1.75. The van der Waals surface area contributed by atoms with Crippen molar-refractivity contribution in [2.45, 2.75) is 13.3 Å². The lowest BCUT2D eigenvalue weighted by Crippen LogP contribution is -1.95. The molecule has 1 nitrogen and oxygen atoms in total. The highest BCUT2D eigenvalue weighted by Gasteiger charge is 2.15. The van der Waals surface area contributed by atoms with Gasteiger partial charge in [-0.05, 0) is 24.6 Å². The van der Waals surface area contributed by atoms with Crippen LogP contribution in [0.25, 0.3) is 0 Å². The van der Waals surface area contributed by atoms with E-state index in [0.717, 1.165) is 12.1 Å². The molecule has 0 heterocycles. The van der Waals surface area contributed by atoms with Crippen LogP contribution in [0.15, 0.2) is 12.1 Å². The van der Waals surface area contributed by atoms with E-state index >= 15 is 0 Å². The quantitative estimate of drug-likeness (QED) is 0.696. The molecule has 0 amide bonds. The molecule has 0 saturated heterocycles. The molecule has 0 fully saturated rings. The molecule has 72 valence electrons. The zero-order valence-electron chi connectivity index (χ0n) is 7.27. The molecule has 0 bridgehead atoms. The Kier molecular flexibility index (Phi) is 2.80. The minimum Gasteiger partial charge on any atom is -0.496 e. The molecular weight excluding hydrogens is 181 g/mol. The Morgan fingerprint density at radius 3 is 2.38 bits per heavy atom. The summed E-state index contributed by atoms with van der Waals surface area (Å²) in [5, 5.41) is 0. The van der Waals surface area contributed by atoms with Crippen molar-refractivity contribution in [3.05, 3.63) is 29.1 Å². The van der Waals surface area contributed by atoms with Gasteiger partial charge < -0.3 is 4.74 Å². The summed E-state index contributed by atoms with van der Waals surface area (Å²) in [5.74, 6) is -0.620. The Morgan fingerprint density at radius 2 is 1.92 bits per heavy atom. The van der Waals surface area contributed by atoms with Crippen LogP contribution in [0, 0.1) is 12.7 Å². The first-order valence-corrected chi connectivity index (χ1v) is 3.68. The van der Waals surface area contributed by atoms with Crippen molar-refractivity contribution in [2.75, 3.05) is 7.11 Å². The van der Waals surface area contributed by atoms with Gasteiger partial charge in [0.25, 0.3) is 6.43 Å². The van der Waals surface area contributed by atoms with E-state index in [-0.39, 0.29) is 5.75 Å². The van der Waals surface area contributed by atoms with E-state index in [9.17, 15) is 13.2 Å². The Bertz CT molecular complexity index is 310. The summed E-state index contributed by atoms with van der Waals surface area (Å²) >= 11 is 0. The van der Waals surface area contributed by atoms with Crippen LogP contribution in [0.1, 0.15) is 17.6 Å². The molecule has 0 unspecified atom stereocenters. The average molecular weight is 190 g/mol. The number of hydrogen-bond donors (Lipinski definition) is 0. The van der Waals surface area contributed by atoms with E-state index in [1.807, 2.05) is 0 Å². The predicted molar refractivity (Wildman–Crippen MR) is 42.6 cm³/mol. The molecule has 1 aromatic carbocycles. The molecule has 1 aromatic rings. The predicted octanol–water partition coefficient (Wildman–Crippen LogP) is 3.08. The fourth-order valence-electron chi connectivity index (χ4n) is 1.06. The van der Waals surface area contributed by atoms with Crippen molar-refractivity contribution in [3.63, 3.8) is 0 Å². The topological polar surface area (TPSA) is 9.23 Å². The first-order chi connectivity index (χ1) is 6.06. The zero-order chi connectivity index (χ0) is 10.0. The normalized spacial score (nSPS) is 10.6. The fraction of sp³-hybridized carbons (Fsp3) is 0.333. The Hall–Kier alpha value is -1.19. The number of methoxy groups -OCH3 is 1. The number of aryl methyl sites for hydroxylation is 1. The van der Waals surface area contributed by atoms with Gasteiger partial charge in [0.15, 0.2) is 0 Å². The summed E-state index contributed by atoms with van der Waals surface area (Å²) in [6.45, 7) is 1.59. The Balaban J connectivity index is 3.22. The first-order valence-electron chi connectivity index (χ1n) is 3.68. The smallest absolute Gasteiger partial charge is 0.266 e. The summed E-state index contributed by atoms with van der Waals surface area (Å²) in [4.78, 5) is 0. The Morgan fingerprint density at radius 1 is 1.31 bits per heavy atom. The molecule has 1 rings (SSSR count). The number of ether oxygens (including phenoxy) is 1. The van der Waals surface area contributed by atoms with Crippen LogP contribution >= 0.6 is 0 Å². The Labute approximate surface area is 74.1 Å². The lowest BCUT2D eigenvalue weighted by molar-refractivity contribution is 0.146. The van der Waals surface area contributed by atoms with Crippen molar-refractivity contribution in [1.82, 2.24) is 0 Å². The SMILES string of the molecule is COc1cc(C(F)F)c(F)cc1C. The van der Waals surface area contributed by atoms with E-state index in [1.54, 1.807) is 6.92 Å². The summed E-state index contributed by atoms with van der Waals surface area (Å²) in [6, 6.07) is 2.07. The van der Waals surface area contributed by atoms with Crippen molar-refractivity contribution >= 4 is 0 Å². The van der Waals surface area contributed by atoms with Gasteiger partial charge in [-0.3, -0.25) is 0 Å². The maximum atomic E-state index is 12.9. The maximum absolute atomic E-state index is 12.9. The van der Waals surface area contributed by atoms with E-state index in [2.05, 4.69) is 0 Å². The highest BCUT2D eigenvalue weighted by Crippen LogP contribution is 2.28. The van der Waals surface area contributed by atoms with Crippen molar-refractivity contribution < 1.29 is 17.9 Å². The molecule has 0 N–H and O–H groups in total. The maximum Gasteiger partial charge on any atom is 0.266 e. The van der Waals surface area contributed by atoms with Crippen molar-refractivity contribution in [3.8, 4) is 5.75 Å². The highest BCUT2D eigenvalue weighted by molar-refractivity contribution is 5.38. The lowest BCUT2D eigenvalue weighted by Gasteiger charge is -2.08. The molecule has 13 heavy (non-hydrogen) atoms. The van der Waals surface area contributed by atoms with Gasteiger partial charge in [0.05, 0.1) is 12.7 Å². The molecule has 0 atom stereocenters. The van der Waals surface area contributed by atoms with Crippen molar-refractivity contribution in [1.29, 1.82) is 0 Å². The molecule has 0 aliphatic heterocycles. The average Bonchev–Trinajstić information content (AvgIpc) is 2.03. The molecule has 0 saturated carbocycles. The van der Waals surface area contributed by atoms with Gasteiger partial charge in [-0.2, -0.15) is 0 Å². The third kappa shape index (κ3) is 1.94. The zero-order valence-corrected chi connectivity index (χ0v) is 7.27. The van der Waals surface area contributed by atoms with Crippen LogP contribution in [0.5, 0.6) is 5.75 Å². The van der Waals surface area contributed by atoms with E-state index < -0.39 is 17.8 Å². The second-order valence-corrected chi connectivity index (χ2v) is 2.64. The van der Waals surface area contributed by atoms with Gasteiger partial charge in [0, 0.05) is 0 Å². The largest absolute Gasteiger partial charge is 0.496 e. The van der Waals surface area contributed by atoms with E-state index in [4.69, 9.17) is 4.74 Å². The monoisotopic (exact) mass is 190 g/mol. The minimum atomic E-state index is -2.81. The van der Waals surface area contributed by atoms with E-state index in [0.29, 0.717) is 5.56 Å². The summed E-state index contributed by atoms with van der Waals surface area (Å²) < 4.78 is 42.0. The third-order valence-corrected chi connectivity index (χ3v) is 1.75. The summed E-state index contributed by atoms with van der Waals surface area (Å²) in [7, 11) is 1.36. The van der Waals surface area contributed by atoms with Crippen LogP contribution in [0.3, 0.4) is 0 Å². The second kappa shape index (κ2) is 3.68. The number of hydrogen-bond acceptors (Lipinski definition) is 1. The van der Waals surface area contributed by atoms with Crippen LogP contribution in [0.2, 0.25) is 0 Å². The van der Waals surface area contributed by atoms with Gasteiger partial charge in [0.1, 0.15) is 11.6 Å². The number of benzene rings is 1. The summed E-state index contributed by atoms with van der Waals surface area (Å²) in [6.07, 6.45) is -2.81. The molecular formula is C9H9F3O. The van der Waals surface area contributed by atoms with E-state index in [1.165, 1.54) is 7.11 Å². The standard InChI is InChI=1S/C9H9F3O/c1-5-3-7(10)6(9(11)12)4-8(5)13-2/h3-4,9H,1-2H3. The first kappa shape index (κ1) is 9.89. The summed E-state index contributed by atoms with van der Waals surface area (Å²) in [5.41, 5.74) is -0.119. The molecule has 0 aromatic heterocycles. The van der Waals surface area contributed by atoms with Crippen LogP contribution in [0.4, 0.5) is 13.2 Å². The molecule has 0 aliphatic rings. The number of rotatable bonds is 2. The minimum absolute atomic E-state index is 0.275. The molecule has 0 radical (unpaired) electrons. The highest BCUT2D eigenvalue weighted by atomic mass is 19.3. The van der Waals surface area contributed by atoms with Gasteiger partial charge in [-0.15, -0.1) is 0 Å². The van der Waals surface area contributed by atoms with Gasteiger partial charge in [-0.1, -0.05) is 0 Å². The van der Waals surface area contributed by atoms with Crippen LogP contribution in [-0.4, -0.2) is 7.11 Å². The van der Waals surface area contributed by atoms with Gasteiger partial charge in [-0.25, -0.2) is 13.2 Å². The van der Waals surface area contributed by atoms with Crippen LogP contribution < -0.4 is 4.74 Å². The number of alkyl halides is 2. The fourth-order valence-corrected chi connectivity index (χ4v) is 1.06. The van der Waals surface area contributed by atoms with Crippen LogP contribution in [-0.2, 0) is 0 Å². The molecule has 0 spiro atoms. The number of halogens is 3. The lowest BCUT2D eigenvalue weighted by atomic mass is 10.1. The van der Waals surface area contributed by atoms with Gasteiger partial charge in [0.2, 0.25) is 0 Å². The molecule has 0 aliphatic carbocycles. The second-order valence-electron chi connectivity index (χ2n) is 2.64. The van der Waals surface area contributed by atoms with Crippen molar-refractivity contribution in [2.24, 2.45) is 0 Å².